The van der Waals surface area contributed by atoms with Crippen LogP contribution >= 0.6 is 0 Å². The Morgan fingerprint density at radius 3 is 2.37 bits per heavy atom. The van der Waals surface area contributed by atoms with Crippen LogP contribution in [0.1, 0.15) is 23.6 Å². The summed E-state index contributed by atoms with van der Waals surface area (Å²) < 4.78 is 42.1. The summed E-state index contributed by atoms with van der Waals surface area (Å²) in [5.41, 5.74) is 3.15. The van der Waals surface area contributed by atoms with E-state index in [0.29, 0.717) is 17.7 Å². The second kappa shape index (κ2) is 7.89. The molecule has 0 fully saturated rings. The van der Waals surface area contributed by atoms with Gasteiger partial charge in [0.05, 0.1) is 29.4 Å². The van der Waals surface area contributed by atoms with Crippen LogP contribution in [0.3, 0.4) is 0 Å². The van der Waals surface area contributed by atoms with Crippen LogP contribution in [0.5, 0.6) is 5.75 Å². The van der Waals surface area contributed by atoms with Crippen LogP contribution in [0.4, 0.5) is 10.1 Å². The molecule has 0 saturated heterocycles. The number of anilines is 1. The SMILES string of the molecule is COc1ccc(C2CC(c3cccc(F)c3)=NN2c2ccc(S(N)(=O)=O)cc2)cc1. The van der Waals surface area contributed by atoms with E-state index in [4.69, 9.17) is 15.0 Å². The Morgan fingerprint density at radius 2 is 1.77 bits per heavy atom. The fourth-order valence-corrected chi connectivity index (χ4v) is 3.98. The Hall–Kier alpha value is -3.23. The monoisotopic (exact) mass is 425 g/mol. The number of ether oxygens (including phenoxy) is 1. The smallest absolute Gasteiger partial charge is 0.238 e. The minimum atomic E-state index is -3.78. The third kappa shape index (κ3) is 4.05. The van der Waals surface area contributed by atoms with E-state index in [-0.39, 0.29) is 16.8 Å². The van der Waals surface area contributed by atoms with E-state index in [9.17, 15) is 12.8 Å². The lowest BCUT2D eigenvalue weighted by molar-refractivity contribution is 0.414. The predicted octanol–water partition coefficient (Wildman–Crippen LogP) is 3.84. The molecule has 1 heterocycles. The van der Waals surface area contributed by atoms with Crippen molar-refractivity contribution in [2.45, 2.75) is 17.4 Å². The first-order chi connectivity index (χ1) is 14.3. The lowest BCUT2D eigenvalue weighted by Gasteiger charge is -2.24. The van der Waals surface area contributed by atoms with Gasteiger partial charge in [-0.05, 0) is 54.1 Å². The molecule has 2 N–H and O–H groups in total. The topological polar surface area (TPSA) is 85.0 Å². The maximum atomic E-state index is 13.7. The Morgan fingerprint density at radius 1 is 1.07 bits per heavy atom. The molecule has 6 nitrogen and oxygen atoms in total. The molecule has 0 aromatic heterocycles. The van der Waals surface area contributed by atoms with Crippen molar-refractivity contribution >= 4 is 21.4 Å². The molecule has 0 spiro atoms. The average Bonchev–Trinajstić information content (AvgIpc) is 3.19. The molecule has 0 aliphatic carbocycles. The molecule has 0 saturated carbocycles. The first kappa shape index (κ1) is 20.1. The third-order valence-electron chi connectivity index (χ3n) is 5.00. The molecule has 4 rings (SSSR count). The summed E-state index contributed by atoms with van der Waals surface area (Å²) in [6, 6.07) is 20.1. The van der Waals surface area contributed by atoms with Crippen LogP contribution in [0.25, 0.3) is 0 Å². The number of hydrazone groups is 1. The van der Waals surface area contributed by atoms with Crippen molar-refractivity contribution in [3.8, 4) is 5.75 Å². The first-order valence-corrected chi connectivity index (χ1v) is 10.8. The second-order valence-electron chi connectivity index (χ2n) is 6.93. The van der Waals surface area contributed by atoms with Gasteiger partial charge in [-0.25, -0.2) is 17.9 Å². The molecule has 0 bridgehead atoms. The molecule has 1 aliphatic heterocycles. The fraction of sp³-hybridized carbons (Fsp3) is 0.136. The summed E-state index contributed by atoms with van der Waals surface area (Å²) in [5, 5.41) is 11.7. The van der Waals surface area contributed by atoms with Crippen molar-refractivity contribution in [1.82, 2.24) is 0 Å². The number of nitrogens with zero attached hydrogens (tertiary/aromatic N) is 2. The number of benzene rings is 3. The number of halogens is 1. The van der Waals surface area contributed by atoms with Gasteiger partial charge < -0.3 is 4.74 Å². The molecule has 1 unspecified atom stereocenters. The van der Waals surface area contributed by atoms with E-state index in [1.165, 1.54) is 24.3 Å². The van der Waals surface area contributed by atoms with Crippen molar-refractivity contribution in [2.75, 3.05) is 12.1 Å². The Labute approximate surface area is 174 Å². The van der Waals surface area contributed by atoms with Crippen molar-refractivity contribution < 1.29 is 17.5 Å². The molecule has 0 amide bonds. The standard InChI is InChI=1S/C22H20FN3O3S/c1-29-19-9-5-15(6-10-19)22-14-21(16-3-2-4-17(23)13-16)25-26(22)18-7-11-20(12-8-18)30(24,27)28/h2-13,22H,14H2,1H3,(H2,24,27,28). The number of sulfonamides is 1. The summed E-state index contributed by atoms with van der Waals surface area (Å²) >= 11 is 0. The molecule has 8 heteroatoms. The van der Waals surface area contributed by atoms with E-state index in [1.54, 1.807) is 25.3 Å². The highest BCUT2D eigenvalue weighted by Gasteiger charge is 2.30. The van der Waals surface area contributed by atoms with Gasteiger partial charge in [-0.2, -0.15) is 5.10 Å². The summed E-state index contributed by atoms with van der Waals surface area (Å²) in [7, 11) is -2.18. The van der Waals surface area contributed by atoms with Gasteiger partial charge in [0.25, 0.3) is 0 Å². The first-order valence-electron chi connectivity index (χ1n) is 9.24. The molecule has 154 valence electrons. The minimum Gasteiger partial charge on any atom is -0.497 e. The zero-order valence-corrected chi connectivity index (χ0v) is 17.0. The van der Waals surface area contributed by atoms with Gasteiger partial charge in [-0.1, -0.05) is 24.3 Å². The normalized spacial score (nSPS) is 16.4. The van der Waals surface area contributed by atoms with Crippen molar-refractivity contribution in [2.24, 2.45) is 10.2 Å². The molecule has 0 radical (unpaired) electrons. The Bertz CT molecular complexity index is 1190. The van der Waals surface area contributed by atoms with E-state index < -0.39 is 10.0 Å². The van der Waals surface area contributed by atoms with Crippen molar-refractivity contribution in [3.05, 3.63) is 89.7 Å². The number of rotatable bonds is 5. The molecule has 30 heavy (non-hydrogen) atoms. The molecule has 3 aromatic rings. The van der Waals surface area contributed by atoms with E-state index in [1.807, 2.05) is 35.3 Å². The van der Waals surface area contributed by atoms with Gasteiger partial charge in [-0.15, -0.1) is 0 Å². The van der Waals surface area contributed by atoms with E-state index in [0.717, 1.165) is 17.0 Å². The van der Waals surface area contributed by atoms with Crippen LogP contribution in [0.2, 0.25) is 0 Å². The van der Waals surface area contributed by atoms with Gasteiger partial charge in [0.1, 0.15) is 11.6 Å². The van der Waals surface area contributed by atoms with E-state index in [2.05, 4.69) is 0 Å². The zero-order chi connectivity index (χ0) is 21.3. The number of methoxy groups -OCH3 is 1. The quantitative estimate of drug-likeness (QED) is 0.673. The molecular formula is C22H20FN3O3S. The van der Waals surface area contributed by atoms with Crippen molar-refractivity contribution in [1.29, 1.82) is 0 Å². The van der Waals surface area contributed by atoms with Crippen LogP contribution in [0, 0.1) is 5.82 Å². The highest BCUT2D eigenvalue weighted by molar-refractivity contribution is 7.89. The Balaban J connectivity index is 1.74. The Kier molecular flexibility index (Phi) is 5.27. The maximum Gasteiger partial charge on any atom is 0.238 e. The number of hydrogen-bond donors (Lipinski definition) is 1. The number of hydrogen-bond acceptors (Lipinski definition) is 5. The number of nitrogens with two attached hydrogens (primary N) is 1. The largest absolute Gasteiger partial charge is 0.497 e. The summed E-state index contributed by atoms with van der Waals surface area (Å²) in [4.78, 5) is 0.0285. The van der Waals surface area contributed by atoms with Gasteiger partial charge in [0.2, 0.25) is 10.0 Å². The summed E-state index contributed by atoms with van der Waals surface area (Å²) in [6.07, 6.45) is 0.562. The summed E-state index contributed by atoms with van der Waals surface area (Å²) in [5.74, 6) is 0.416. The van der Waals surface area contributed by atoms with Gasteiger partial charge in [0, 0.05) is 12.0 Å². The highest BCUT2D eigenvalue weighted by Crippen LogP contribution is 2.37. The lowest BCUT2D eigenvalue weighted by Crippen LogP contribution is -2.19. The highest BCUT2D eigenvalue weighted by atomic mass is 32.2. The maximum absolute atomic E-state index is 13.7. The van der Waals surface area contributed by atoms with E-state index >= 15 is 0 Å². The second-order valence-corrected chi connectivity index (χ2v) is 8.50. The molecule has 1 aliphatic rings. The minimum absolute atomic E-state index is 0.0285. The van der Waals surface area contributed by atoms with Gasteiger partial charge >= 0.3 is 0 Å². The van der Waals surface area contributed by atoms with Crippen molar-refractivity contribution in [3.63, 3.8) is 0 Å². The number of primary sulfonamides is 1. The lowest BCUT2D eigenvalue weighted by atomic mass is 9.98. The average molecular weight is 425 g/mol. The molecule has 3 aromatic carbocycles. The fourth-order valence-electron chi connectivity index (χ4n) is 3.47. The van der Waals surface area contributed by atoms with Crippen LogP contribution in [-0.2, 0) is 10.0 Å². The summed E-state index contributed by atoms with van der Waals surface area (Å²) in [6.45, 7) is 0. The predicted molar refractivity (Wildman–Crippen MR) is 114 cm³/mol. The van der Waals surface area contributed by atoms with Crippen LogP contribution < -0.4 is 14.9 Å². The zero-order valence-electron chi connectivity index (χ0n) is 16.2. The third-order valence-corrected chi connectivity index (χ3v) is 5.93. The molecule has 1 atom stereocenters. The van der Waals surface area contributed by atoms with Gasteiger partial charge in [-0.3, -0.25) is 5.01 Å². The van der Waals surface area contributed by atoms with Crippen LogP contribution in [0.15, 0.2) is 82.8 Å². The van der Waals surface area contributed by atoms with Gasteiger partial charge in [0.15, 0.2) is 0 Å². The molecular weight excluding hydrogens is 405 g/mol. The van der Waals surface area contributed by atoms with Crippen LogP contribution in [-0.4, -0.2) is 21.2 Å².